The number of benzene rings is 1. The van der Waals surface area contributed by atoms with Crippen molar-refractivity contribution in [2.24, 2.45) is 0 Å². The predicted octanol–water partition coefficient (Wildman–Crippen LogP) is 3.34. The number of aryl methyl sites for hydroxylation is 1. The van der Waals surface area contributed by atoms with Crippen LogP contribution < -0.4 is 10.6 Å². The van der Waals surface area contributed by atoms with Gasteiger partial charge in [-0.05, 0) is 43.2 Å². The minimum atomic E-state index is -0.361. The highest BCUT2D eigenvalue weighted by Gasteiger charge is 2.19. The van der Waals surface area contributed by atoms with Gasteiger partial charge in [0.2, 0.25) is 0 Å². The zero-order valence-corrected chi connectivity index (χ0v) is 12.1. The topological polar surface area (TPSA) is 80.1 Å². The van der Waals surface area contributed by atoms with Crippen molar-refractivity contribution < 1.29 is 4.92 Å². The van der Waals surface area contributed by atoms with Crippen LogP contribution >= 0.6 is 0 Å². The molecule has 0 aliphatic heterocycles. The summed E-state index contributed by atoms with van der Waals surface area (Å²) < 4.78 is 0. The van der Waals surface area contributed by atoms with Crippen LogP contribution in [0.25, 0.3) is 0 Å². The molecule has 6 heteroatoms. The second-order valence-electron chi connectivity index (χ2n) is 4.64. The van der Waals surface area contributed by atoms with Gasteiger partial charge in [-0.15, -0.1) is 0 Å². The smallest absolute Gasteiger partial charge is 0.315 e. The molecule has 0 bridgehead atoms. The Morgan fingerprint density at radius 3 is 2.57 bits per heavy atom. The van der Waals surface area contributed by atoms with E-state index in [4.69, 9.17) is 0 Å². The Labute approximate surface area is 123 Å². The quantitative estimate of drug-likeness (QED) is 0.629. The first-order valence-corrected chi connectivity index (χ1v) is 6.78. The zero-order valence-electron chi connectivity index (χ0n) is 12.1. The number of aromatic nitrogens is 1. The summed E-state index contributed by atoms with van der Waals surface area (Å²) in [5.41, 5.74) is 3.23. The molecule has 2 rings (SSSR count). The average molecular weight is 286 g/mol. The summed E-state index contributed by atoms with van der Waals surface area (Å²) >= 11 is 0. The van der Waals surface area contributed by atoms with Crippen molar-refractivity contribution in [1.29, 1.82) is 0 Å². The van der Waals surface area contributed by atoms with E-state index in [-0.39, 0.29) is 10.6 Å². The van der Waals surface area contributed by atoms with Crippen LogP contribution in [0.5, 0.6) is 0 Å². The molecule has 0 aliphatic carbocycles. The molecule has 0 atom stereocenters. The number of anilines is 2. The summed E-state index contributed by atoms with van der Waals surface area (Å²) in [5.74, 6) is 0. The lowest BCUT2D eigenvalue weighted by atomic mass is 10.1. The highest BCUT2D eigenvalue weighted by molar-refractivity contribution is 5.76. The van der Waals surface area contributed by atoms with Crippen LogP contribution in [0.3, 0.4) is 0 Å². The Bertz CT molecular complexity index is 643. The maximum absolute atomic E-state index is 11.3. The third-order valence-electron chi connectivity index (χ3n) is 3.19. The van der Waals surface area contributed by atoms with Gasteiger partial charge in [-0.2, -0.15) is 0 Å². The summed E-state index contributed by atoms with van der Waals surface area (Å²) in [6.45, 7) is 5.02. The third-order valence-corrected chi connectivity index (χ3v) is 3.19. The number of nitrogens with zero attached hydrogens (tertiary/aromatic N) is 2. The lowest BCUT2D eigenvalue weighted by molar-refractivity contribution is -0.383. The molecule has 0 saturated heterocycles. The fourth-order valence-corrected chi connectivity index (χ4v) is 2.11. The highest BCUT2D eigenvalue weighted by atomic mass is 16.6. The Morgan fingerprint density at radius 1 is 1.24 bits per heavy atom. The van der Waals surface area contributed by atoms with Crippen molar-refractivity contribution in [3.05, 3.63) is 57.9 Å². The molecule has 0 amide bonds. The second-order valence-corrected chi connectivity index (χ2v) is 4.64. The predicted molar refractivity (Wildman–Crippen MR) is 83.6 cm³/mol. The average Bonchev–Trinajstić information content (AvgIpc) is 2.46. The molecule has 6 nitrogen and oxygen atoms in total. The van der Waals surface area contributed by atoms with Gasteiger partial charge in [-0.3, -0.25) is 15.1 Å². The number of hydrogen-bond donors (Lipinski definition) is 2. The van der Waals surface area contributed by atoms with Gasteiger partial charge in [0.25, 0.3) is 0 Å². The zero-order chi connectivity index (χ0) is 15.2. The summed E-state index contributed by atoms with van der Waals surface area (Å²) in [4.78, 5) is 15.0. The largest absolute Gasteiger partial charge is 0.380 e. The first-order chi connectivity index (χ1) is 10.1. The lowest BCUT2D eigenvalue weighted by Gasteiger charge is -2.11. The molecular weight excluding hydrogens is 268 g/mol. The van der Waals surface area contributed by atoms with Crippen molar-refractivity contribution in [3.63, 3.8) is 0 Å². The third kappa shape index (κ3) is 3.47. The Kier molecular flexibility index (Phi) is 4.71. The number of rotatable bonds is 6. The summed E-state index contributed by atoms with van der Waals surface area (Å²) in [6.07, 6.45) is 3.49. The standard InChI is InChI=1S/C15H18N4O2/c1-3-17-13-5-4-6-14(15(13)19(20)21)18-10-12-7-8-16-9-11(12)2/h4-9,17-18H,3,10H2,1-2H3. The minimum Gasteiger partial charge on any atom is -0.380 e. The van der Waals surface area contributed by atoms with Crippen LogP contribution in [0, 0.1) is 17.0 Å². The van der Waals surface area contributed by atoms with Crippen LogP contribution in [-0.4, -0.2) is 16.5 Å². The Balaban J connectivity index is 2.25. The van der Waals surface area contributed by atoms with Crippen LogP contribution in [0.2, 0.25) is 0 Å². The first kappa shape index (κ1) is 14.8. The summed E-state index contributed by atoms with van der Waals surface area (Å²) in [7, 11) is 0. The van der Waals surface area contributed by atoms with Crippen LogP contribution in [0.1, 0.15) is 18.1 Å². The maximum Gasteiger partial charge on any atom is 0.315 e. The molecule has 1 aromatic heterocycles. The number of para-hydroxylation sites is 1. The Hall–Kier alpha value is -2.63. The Morgan fingerprint density at radius 2 is 1.95 bits per heavy atom. The molecule has 2 N–H and O–H groups in total. The van der Waals surface area contributed by atoms with E-state index in [0.717, 1.165) is 11.1 Å². The fourth-order valence-electron chi connectivity index (χ4n) is 2.11. The monoisotopic (exact) mass is 286 g/mol. The van der Waals surface area contributed by atoms with E-state index in [9.17, 15) is 10.1 Å². The van der Waals surface area contributed by atoms with Gasteiger partial charge < -0.3 is 10.6 Å². The van der Waals surface area contributed by atoms with Gasteiger partial charge in [0, 0.05) is 25.5 Å². The normalized spacial score (nSPS) is 10.2. The van der Waals surface area contributed by atoms with Crippen molar-refractivity contribution in [2.45, 2.75) is 20.4 Å². The molecule has 110 valence electrons. The van der Waals surface area contributed by atoms with Gasteiger partial charge in [0.05, 0.1) is 4.92 Å². The number of nitro benzene ring substituents is 1. The maximum atomic E-state index is 11.3. The molecule has 2 aromatic rings. The van der Waals surface area contributed by atoms with Crippen molar-refractivity contribution in [3.8, 4) is 0 Å². The van der Waals surface area contributed by atoms with E-state index < -0.39 is 0 Å². The van der Waals surface area contributed by atoms with Crippen molar-refractivity contribution in [1.82, 2.24) is 4.98 Å². The molecular formula is C15H18N4O2. The van der Waals surface area contributed by atoms with Gasteiger partial charge in [0.1, 0.15) is 11.4 Å². The van der Waals surface area contributed by atoms with Gasteiger partial charge >= 0.3 is 5.69 Å². The second kappa shape index (κ2) is 6.69. The SMILES string of the molecule is CCNc1cccc(NCc2ccncc2C)c1[N+](=O)[O-]. The molecule has 1 heterocycles. The van der Waals surface area contributed by atoms with Crippen molar-refractivity contribution in [2.75, 3.05) is 17.2 Å². The van der Waals surface area contributed by atoms with Crippen LogP contribution in [0.4, 0.5) is 17.1 Å². The molecule has 0 spiro atoms. The molecule has 0 aliphatic rings. The van der Waals surface area contributed by atoms with Gasteiger partial charge in [-0.1, -0.05) is 6.07 Å². The summed E-state index contributed by atoms with van der Waals surface area (Å²) in [6, 6.07) is 7.13. The van der Waals surface area contributed by atoms with Crippen LogP contribution in [0.15, 0.2) is 36.7 Å². The molecule has 21 heavy (non-hydrogen) atoms. The molecule has 0 saturated carbocycles. The van der Waals surface area contributed by atoms with E-state index in [1.165, 1.54) is 0 Å². The number of pyridine rings is 1. The molecule has 0 fully saturated rings. The fraction of sp³-hybridized carbons (Fsp3) is 0.267. The van der Waals surface area contributed by atoms with Crippen LogP contribution in [-0.2, 0) is 6.54 Å². The molecule has 0 radical (unpaired) electrons. The van der Waals surface area contributed by atoms with E-state index in [0.29, 0.717) is 24.5 Å². The molecule has 1 aromatic carbocycles. The number of nitrogens with one attached hydrogen (secondary N) is 2. The van der Waals surface area contributed by atoms with Gasteiger partial charge in [0.15, 0.2) is 0 Å². The van der Waals surface area contributed by atoms with E-state index in [1.807, 2.05) is 19.9 Å². The van der Waals surface area contributed by atoms with E-state index >= 15 is 0 Å². The highest BCUT2D eigenvalue weighted by Crippen LogP contribution is 2.33. The summed E-state index contributed by atoms with van der Waals surface area (Å²) in [5, 5.41) is 17.5. The lowest BCUT2D eigenvalue weighted by Crippen LogP contribution is -2.07. The van der Waals surface area contributed by atoms with E-state index in [2.05, 4.69) is 15.6 Å². The number of hydrogen-bond acceptors (Lipinski definition) is 5. The minimum absolute atomic E-state index is 0.0751. The van der Waals surface area contributed by atoms with E-state index in [1.54, 1.807) is 30.6 Å². The first-order valence-electron chi connectivity index (χ1n) is 6.78. The molecule has 0 unspecified atom stereocenters. The van der Waals surface area contributed by atoms with Gasteiger partial charge in [-0.25, -0.2) is 0 Å². The number of nitro groups is 1. The van der Waals surface area contributed by atoms with Crippen molar-refractivity contribution >= 4 is 17.1 Å².